The van der Waals surface area contributed by atoms with Crippen LogP contribution in [0, 0.1) is 0 Å². The standard InChI is InChI=1S/C20H28N4O3/c21-11-5-4-9-15-18(25)23-16(13-14-7-2-1-3-8-14)20(27)24-12-6-10-17(24)19(26)22-15/h1-3,7-8,15-17H,4-6,9-13,21H2,(H,22,26)(H,23,25)/t15-,16+,17-/m0/s1. The first-order valence-electron chi connectivity index (χ1n) is 9.75. The molecule has 0 saturated carbocycles. The number of rotatable bonds is 6. The number of carbonyl (C=O) groups is 3. The molecule has 0 aromatic heterocycles. The number of hydrogen-bond acceptors (Lipinski definition) is 4. The molecule has 27 heavy (non-hydrogen) atoms. The highest BCUT2D eigenvalue weighted by Crippen LogP contribution is 2.21. The second-order valence-electron chi connectivity index (χ2n) is 7.29. The summed E-state index contributed by atoms with van der Waals surface area (Å²) in [5, 5.41) is 5.75. The van der Waals surface area contributed by atoms with Gasteiger partial charge in [-0.1, -0.05) is 30.3 Å². The van der Waals surface area contributed by atoms with Gasteiger partial charge < -0.3 is 21.3 Å². The van der Waals surface area contributed by atoms with Gasteiger partial charge >= 0.3 is 0 Å². The fourth-order valence-corrected chi connectivity index (χ4v) is 3.85. The third kappa shape index (κ3) is 4.66. The van der Waals surface area contributed by atoms with Gasteiger partial charge in [0.15, 0.2) is 0 Å². The fourth-order valence-electron chi connectivity index (χ4n) is 3.85. The van der Waals surface area contributed by atoms with Gasteiger partial charge in [0.25, 0.3) is 0 Å². The summed E-state index contributed by atoms with van der Waals surface area (Å²) in [6, 6.07) is 7.85. The number of nitrogens with two attached hydrogens (primary N) is 1. The molecule has 0 spiro atoms. The summed E-state index contributed by atoms with van der Waals surface area (Å²) in [6.07, 6.45) is 3.92. The van der Waals surface area contributed by atoms with E-state index in [1.807, 2.05) is 30.3 Å². The van der Waals surface area contributed by atoms with Gasteiger partial charge in [0, 0.05) is 13.0 Å². The summed E-state index contributed by atoms with van der Waals surface area (Å²) in [6.45, 7) is 1.10. The van der Waals surface area contributed by atoms with Gasteiger partial charge in [-0.2, -0.15) is 0 Å². The molecule has 2 fully saturated rings. The van der Waals surface area contributed by atoms with Gasteiger partial charge in [0.05, 0.1) is 0 Å². The van der Waals surface area contributed by atoms with Crippen molar-refractivity contribution in [3.63, 3.8) is 0 Å². The Morgan fingerprint density at radius 3 is 2.48 bits per heavy atom. The van der Waals surface area contributed by atoms with Crippen LogP contribution < -0.4 is 16.4 Å². The molecule has 1 aromatic carbocycles. The van der Waals surface area contributed by atoms with Gasteiger partial charge in [-0.3, -0.25) is 14.4 Å². The summed E-state index contributed by atoms with van der Waals surface area (Å²) in [7, 11) is 0. The third-order valence-corrected chi connectivity index (χ3v) is 5.32. The molecule has 1 aromatic rings. The van der Waals surface area contributed by atoms with Crippen LogP contribution in [-0.2, 0) is 20.8 Å². The van der Waals surface area contributed by atoms with E-state index in [0.29, 0.717) is 32.4 Å². The SMILES string of the molecule is NCCCC[C@@H]1NC(=O)[C@@H]2CCCN2C(=O)[C@@H](Cc2ccccc2)NC1=O. The van der Waals surface area contributed by atoms with Gasteiger partial charge in [0.1, 0.15) is 18.1 Å². The minimum Gasteiger partial charge on any atom is -0.343 e. The lowest BCUT2D eigenvalue weighted by Gasteiger charge is -2.26. The van der Waals surface area contributed by atoms with Gasteiger partial charge in [-0.05, 0) is 44.2 Å². The van der Waals surface area contributed by atoms with E-state index in [9.17, 15) is 14.4 Å². The number of amides is 3. The zero-order valence-electron chi connectivity index (χ0n) is 15.5. The van der Waals surface area contributed by atoms with Crippen LogP contribution >= 0.6 is 0 Å². The Labute approximate surface area is 159 Å². The van der Waals surface area contributed by atoms with E-state index in [2.05, 4.69) is 10.6 Å². The van der Waals surface area contributed by atoms with Crippen LogP contribution in [0.4, 0.5) is 0 Å². The van der Waals surface area contributed by atoms with E-state index < -0.39 is 18.1 Å². The predicted molar refractivity (Wildman–Crippen MR) is 102 cm³/mol. The fraction of sp³-hybridized carbons (Fsp3) is 0.550. The van der Waals surface area contributed by atoms with Crippen molar-refractivity contribution in [3.05, 3.63) is 35.9 Å². The summed E-state index contributed by atoms with van der Waals surface area (Å²) in [4.78, 5) is 40.2. The van der Waals surface area contributed by atoms with E-state index in [4.69, 9.17) is 5.73 Å². The summed E-state index contributed by atoms with van der Waals surface area (Å²) >= 11 is 0. The monoisotopic (exact) mass is 372 g/mol. The molecule has 2 heterocycles. The summed E-state index contributed by atoms with van der Waals surface area (Å²) < 4.78 is 0. The van der Waals surface area contributed by atoms with Crippen molar-refractivity contribution in [2.75, 3.05) is 13.1 Å². The smallest absolute Gasteiger partial charge is 0.246 e. The maximum atomic E-state index is 13.1. The first-order chi connectivity index (χ1) is 13.1. The lowest BCUT2D eigenvalue weighted by atomic mass is 10.0. The van der Waals surface area contributed by atoms with Crippen molar-refractivity contribution in [2.24, 2.45) is 5.73 Å². The molecule has 3 amide bonds. The Morgan fingerprint density at radius 2 is 1.74 bits per heavy atom. The van der Waals surface area contributed by atoms with E-state index in [1.165, 1.54) is 0 Å². The molecule has 2 aliphatic rings. The van der Waals surface area contributed by atoms with Crippen molar-refractivity contribution in [1.29, 1.82) is 0 Å². The van der Waals surface area contributed by atoms with Crippen molar-refractivity contribution in [3.8, 4) is 0 Å². The molecule has 0 aliphatic carbocycles. The lowest BCUT2D eigenvalue weighted by Crippen LogP contribution is -2.52. The zero-order chi connectivity index (χ0) is 19.2. The van der Waals surface area contributed by atoms with Crippen molar-refractivity contribution in [2.45, 2.75) is 56.7 Å². The highest BCUT2D eigenvalue weighted by Gasteiger charge is 2.41. The maximum absolute atomic E-state index is 13.1. The Bertz CT molecular complexity index is 679. The highest BCUT2D eigenvalue weighted by atomic mass is 16.2. The third-order valence-electron chi connectivity index (χ3n) is 5.32. The quantitative estimate of drug-likeness (QED) is 0.626. The van der Waals surface area contributed by atoms with Crippen molar-refractivity contribution >= 4 is 17.7 Å². The molecule has 7 nitrogen and oxygen atoms in total. The van der Waals surface area contributed by atoms with Gasteiger partial charge in [0.2, 0.25) is 17.7 Å². The minimum atomic E-state index is -0.662. The molecule has 0 radical (unpaired) electrons. The Kier molecular flexibility index (Phi) is 6.45. The normalized spacial score (nSPS) is 25.9. The molecular weight excluding hydrogens is 344 g/mol. The molecule has 0 bridgehead atoms. The number of carbonyl (C=O) groups excluding carboxylic acids is 3. The number of nitrogens with one attached hydrogen (secondary N) is 2. The number of fused-ring (bicyclic) bond motifs is 1. The first kappa shape index (κ1) is 19.4. The minimum absolute atomic E-state index is 0.174. The van der Waals surface area contributed by atoms with Crippen LogP contribution in [0.2, 0.25) is 0 Å². The van der Waals surface area contributed by atoms with E-state index >= 15 is 0 Å². The number of unbranched alkanes of at least 4 members (excludes halogenated alkanes) is 1. The molecule has 146 valence electrons. The second-order valence-corrected chi connectivity index (χ2v) is 7.29. The summed E-state index contributed by atoms with van der Waals surface area (Å²) in [5.41, 5.74) is 6.52. The number of hydrogen-bond donors (Lipinski definition) is 3. The van der Waals surface area contributed by atoms with Crippen molar-refractivity contribution in [1.82, 2.24) is 15.5 Å². The molecule has 2 aliphatic heterocycles. The average Bonchev–Trinajstić information content (AvgIpc) is 3.16. The van der Waals surface area contributed by atoms with Crippen LogP contribution in [0.3, 0.4) is 0 Å². The molecule has 7 heteroatoms. The van der Waals surface area contributed by atoms with Crippen LogP contribution in [-0.4, -0.2) is 53.8 Å². The van der Waals surface area contributed by atoms with Gasteiger partial charge in [-0.25, -0.2) is 0 Å². The van der Waals surface area contributed by atoms with Crippen LogP contribution in [0.25, 0.3) is 0 Å². The van der Waals surface area contributed by atoms with E-state index in [1.54, 1.807) is 4.90 Å². The zero-order valence-corrected chi connectivity index (χ0v) is 15.5. The highest BCUT2D eigenvalue weighted by molar-refractivity contribution is 5.97. The van der Waals surface area contributed by atoms with Crippen LogP contribution in [0.15, 0.2) is 30.3 Å². The number of nitrogens with zero attached hydrogens (tertiary/aromatic N) is 1. The maximum Gasteiger partial charge on any atom is 0.246 e. The molecule has 0 unspecified atom stereocenters. The lowest BCUT2D eigenvalue weighted by molar-refractivity contribution is -0.139. The topological polar surface area (TPSA) is 105 Å². The average molecular weight is 372 g/mol. The Hall–Kier alpha value is -2.41. The van der Waals surface area contributed by atoms with Gasteiger partial charge in [-0.15, -0.1) is 0 Å². The Morgan fingerprint density at radius 1 is 1.00 bits per heavy atom. The van der Waals surface area contributed by atoms with E-state index in [-0.39, 0.29) is 17.7 Å². The largest absolute Gasteiger partial charge is 0.343 e. The van der Waals surface area contributed by atoms with Crippen LogP contribution in [0.1, 0.15) is 37.7 Å². The second kappa shape index (κ2) is 8.99. The van der Waals surface area contributed by atoms with E-state index in [0.717, 1.165) is 24.8 Å². The molecular formula is C20H28N4O3. The number of benzene rings is 1. The van der Waals surface area contributed by atoms with Crippen LogP contribution in [0.5, 0.6) is 0 Å². The predicted octanol–water partition coefficient (Wildman–Crippen LogP) is 0.332. The first-order valence-corrected chi connectivity index (χ1v) is 9.75. The Balaban J connectivity index is 1.83. The molecule has 2 saturated heterocycles. The molecule has 3 atom stereocenters. The molecule has 4 N–H and O–H groups in total. The molecule has 3 rings (SSSR count). The summed E-state index contributed by atoms with van der Waals surface area (Å²) in [5.74, 6) is -0.697. The van der Waals surface area contributed by atoms with Crippen molar-refractivity contribution < 1.29 is 14.4 Å².